The summed E-state index contributed by atoms with van der Waals surface area (Å²) < 4.78 is 5.17. The number of carboxylic acid groups (broad SMARTS) is 1. The lowest BCUT2D eigenvalue weighted by atomic mass is 10.2. The van der Waals surface area contributed by atoms with Gasteiger partial charge in [-0.05, 0) is 38.2 Å². The van der Waals surface area contributed by atoms with Crippen molar-refractivity contribution < 1.29 is 14.4 Å². The van der Waals surface area contributed by atoms with Crippen molar-refractivity contribution in [3.8, 4) is 11.4 Å². The van der Waals surface area contributed by atoms with E-state index in [4.69, 9.17) is 21.2 Å². The molecule has 0 spiro atoms. The molecule has 0 bridgehead atoms. The van der Waals surface area contributed by atoms with Crippen molar-refractivity contribution in [2.24, 2.45) is 0 Å². The molecule has 1 aromatic heterocycles. The van der Waals surface area contributed by atoms with Gasteiger partial charge in [-0.3, -0.25) is 9.69 Å². The molecule has 0 fully saturated rings. The number of carboxylic acids is 1. The smallest absolute Gasteiger partial charge is 0.320 e. The van der Waals surface area contributed by atoms with Gasteiger partial charge in [0.1, 0.15) is 6.04 Å². The van der Waals surface area contributed by atoms with E-state index in [1.165, 1.54) is 0 Å². The van der Waals surface area contributed by atoms with Gasteiger partial charge in [-0.1, -0.05) is 16.8 Å². The molecule has 6 nitrogen and oxygen atoms in total. The molecule has 7 heteroatoms. The largest absolute Gasteiger partial charge is 0.480 e. The van der Waals surface area contributed by atoms with E-state index in [0.29, 0.717) is 29.7 Å². The molecule has 2 rings (SSSR count). The fourth-order valence-corrected chi connectivity index (χ4v) is 1.85. The van der Waals surface area contributed by atoms with E-state index < -0.39 is 12.0 Å². The minimum absolute atomic E-state index is 0.476. The van der Waals surface area contributed by atoms with Crippen molar-refractivity contribution in [3.63, 3.8) is 0 Å². The number of nitrogens with zero attached hydrogens (tertiary/aromatic N) is 3. The second kappa shape index (κ2) is 6.69. The molecule has 0 aliphatic carbocycles. The molecule has 21 heavy (non-hydrogen) atoms. The standard InChI is InChI=1S/C14H16ClN3O3/c1-9(14(19)20)18(2)8-7-12-16-13(17-21-12)10-3-5-11(15)6-4-10/h3-6,9H,7-8H2,1-2H3,(H,19,20). The number of hydrogen-bond acceptors (Lipinski definition) is 5. The summed E-state index contributed by atoms with van der Waals surface area (Å²) in [6.07, 6.45) is 0.495. The van der Waals surface area contributed by atoms with Gasteiger partial charge in [0.25, 0.3) is 0 Å². The molecule has 0 saturated heterocycles. The first-order valence-electron chi connectivity index (χ1n) is 6.49. The highest BCUT2D eigenvalue weighted by Crippen LogP contribution is 2.18. The fourth-order valence-electron chi connectivity index (χ4n) is 1.73. The van der Waals surface area contributed by atoms with Gasteiger partial charge in [0, 0.05) is 23.6 Å². The van der Waals surface area contributed by atoms with Crippen molar-refractivity contribution in [1.29, 1.82) is 0 Å². The van der Waals surface area contributed by atoms with Crippen LogP contribution in [-0.2, 0) is 11.2 Å². The summed E-state index contributed by atoms with van der Waals surface area (Å²) in [6.45, 7) is 2.16. The van der Waals surface area contributed by atoms with Crippen molar-refractivity contribution in [2.75, 3.05) is 13.6 Å². The molecule has 2 aromatic rings. The quantitative estimate of drug-likeness (QED) is 0.882. The number of likely N-dealkylation sites (N-methyl/N-ethyl adjacent to an activating group) is 1. The van der Waals surface area contributed by atoms with Gasteiger partial charge in [0.2, 0.25) is 11.7 Å². The Morgan fingerprint density at radius 2 is 2.10 bits per heavy atom. The van der Waals surface area contributed by atoms with Gasteiger partial charge < -0.3 is 9.63 Å². The first-order valence-corrected chi connectivity index (χ1v) is 6.86. The van der Waals surface area contributed by atoms with Crippen LogP contribution in [-0.4, -0.2) is 45.8 Å². The first kappa shape index (κ1) is 15.5. The van der Waals surface area contributed by atoms with Gasteiger partial charge in [-0.2, -0.15) is 4.98 Å². The normalized spacial score (nSPS) is 12.6. The maximum Gasteiger partial charge on any atom is 0.320 e. The van der Waals surface area contributed by atoms with Crippen molar-refractivity contribution >= 4 is 17.6 Å². The number of hydrogen-bond donors (Lipinski definition) is 1. The molecule has 1 aromatic carbocycles. The zero-order valence-electron chi connectivity index (χ0n) is 11.8. The summed E-state index contributed by atoms with van der Waals surface area (Å²) in [7, 11) is 1.75. The predicted molar refractivity (Wildman–Crippen MR) is 78.2 cm³/mol. The fraction of sp³-hybridized carbons (Fsp3) is 0.357. The lowest BCUT2D eigenvalue weighted by Crippen LogP contribution is -2.37. The van der Waals surface area contributed by atoms with E-state index in [0.717, 1.165) is 5.56 Å². The van der Waals surface area contributed by atoms with Gasteiger partial charge in [0.15, 0.2) is 0 Å². The van der Waals surface area contributed by atoms with Crippen molar-refractivity contribution in [2.45, 2.75) is 19.4 Å². The topological polar surface area (TPSA) is 79.5 Å². The van der Waals surface area contributed by atoms with Crippen LogP contribution in [0.15, 0.2) is 28.8 Å². The van der Waals surface area contributed by atoms with Crippen LogP contribution < -0.4 is 0 Å². The van der Waals surface area contributed by atoms with E-state index in [1.54, 1.807) is 31.0 Å². The van der Waals surface area contributed by atoms with Crippen LogP contribution in [0.1, 0.15) is 12.8 Å². The molecule has 1 N–H and O–H groups in total. The highest BCUT2D eigenvalue weighted by Gasteiger charge is 2.17. The Kier molecular flexibility index (Phi) is 4.93. The number of aromatic nitrogens is 2. The Bertz CT molecular complexity index is 612. The third kappa shape index (κ3) is 4.03. The minimum Gasteiger partial charge on any atom is -0.480 e. The van der Waals surface area contributed by atoms with E-state index in [9.17, 15) is 4.79 Å². The van der Waals surface area contributed by atoms with Crippen LogP contribution >= 0.6 is 11.6 Å². The summed E-state index contributed by atoms with van der Waals surface area (Å²) in [5.74, 6) is 0.116. The number of carbonyl (C=O) groups is 1. The van der Waals surface area contributed by atoms with Gasteiger partial charge >= 0.3 is 5.97 Å². The van der Waals surface area contributed by atoms with Crippen LogP contribution in [0.4, 0.5) is 0 Å². The third-order valence-electron chi connectivity index (χ3n) is 3.27. The highest BCUT2D eigenvalue weighted by molar-refractivity contribution is 6.30. The van der Waals surface area contributed by atoms with E-state index in [-0.39, 0.29) is 0 Å². The van der Waals surface area contributed by atoms with E-state index in [1.807, 2.05) is 12.1 Å². The summed E-state index contributed by atoms with van der Waals surface area (Å²) in [6, 6.07) is 6.60. The molecule has 0 radical (unpaired) electrons. The summed E-state index contributed by atoms with van der Waals surface area (Å²) >= 11 is 5.83. The molecule has 0 amide bonds. The second-order valence-electron chi connectivity index (χ2n) is 4.76. The van der Waals surface area contributed by atoms with Crippen molar-refractivity contribution in [3.05, 3.63) is 35.2 Å². The maximum atomic E-state index is 10.9. The van der Waals surface area contributed by atoms with Crippen LogP contribution in [0.2, 0.25) is 5.02 Å². The molecular formula is C14H16ClN3O3. The zero-order chi connectivity index (χ0) is 15.4. The molecule has 1 heterocycles. The van der Waals surface area contributed by atoms with E-state index in [2.05, 4.69) is 10.1 Å². The Balaban J connectivity index is 1.97. The second-order valence-corrected chi connectivity index (χ2v) is 5.20. The number of aliphatic carboxylic acids is 1. The van der Waals surface area contributed by atoms with Crippen LogP contribution in [0, 0.1) is 0 Å². The van der Waals surface area contributed by atoms with Gasteiger partial charge in [0.05, 0.1) is 0 Å². The van der Waals surface area contributed by atoms with Crippen molar-refractivity contribution in [1.82, 2.24) is 15.0 Å². The Hall–Kier alpha value is -1.92. The lowest BCUT2D eigenvalue weighted by Gasteiger charge is -2.19. The predicted octanol–water partition coefficient (Wildman–Crippen LogP) is 2.34. The first-order chi connectivity index (χ1) is 9.97. The highest BCUT2D eigenvalue weighted by atomic mass is 35.5. The minimum atomic E-state index is -0.857. The molecule has 1 unspecified atom stereocenters. The summed E-state index contributed by atoms with van der Waals surface area (Å²) in [5.41, 5.74) is 0.821. The zero-order valence-corrected chi connectivity index (χ0v) is 12.5. The summed E-state index contributed by atoms with van der Waals surface area (Å²) in [5, 5.41) is 13.5. The Morgan fingerprint density at radius 3 is 2.71 bits per heavy atom. The SMILES string of the molecule is CC(C(=O)O)N(C)CCc1nc(-c2ccc(Cl)cc2)no1. The molecule has 112 valence electrons. The Morgan fingerprint density at radius 1 is 1.43 bits per heavy atom. The summed E-state index contributed by atoms with van der Waals surface area (Å²) in [4.78, 5) is 16.9. The number of benzene rings is 1. The van der Waals surface area contributed by atoms with Gasteiger partial charge in [-0.15, -0.1) is 0 Å². The van der Waals surface area contributed by atoms with Crippen LogP contribution in [0.3, 0.4) is 0 Å². The monoisotopic (exact) mass is 309 g/mol. The maximum absolute atomic E-state index is 10.9. The molecule has 0 aliphatic heterocycles. The average molecular weight is 310 g/mol. The average Bonchev–Trinajstić information content (AvgIpc) is 2.93. The molecule has 0 saturated carbocycles. The van der Waals surface area contributed by atoms with Gasteiger partial charge in [-0.25, -0.2) is 0 Å². The number of rotatable bonds is 6. The molecular weight excluding hydrogens is 294 g/mol. The molecule has 1 atom stereocenters. The van der Waals surface area contributed by atoms with E-state index >= 15 is 0 Å². The Labute approximate surface area is 127 Å². The number of halogens is 1. The third-order valence-corrected chi connectivity index (χ3v) is 3.52. The lowest BCUT2D eigenvalue weighted by molar-refractivity contribution is -0.142. The molecule has 0 aliphatic rings. The van der Waals surface area contributed by atoms with Crippen LogP contribution in [0.25, 0.3) is 11.4 Å². The van der Waals surface area contributed by atoms with Crippen LogP contribution in [0.5, 0.6) is 0 Å².